The van der Waals surface area contributed by atoms with Crippen LogP contribution in [0.3, 0.4) is 0 Å². The molecule has 0 aromatic carbocycles. The number of hydrogen-bond acceptors (Lipinski definition) is 3. The second-order valence-corrected chi connectivity index (χ2v) is 5.98. The minimum atomic E-state index is 0.654. The van der Waals surface area contributed by atoms with Crippen molar-refractivity contribution < 1.29 is 0 Å². The van der Waals surface area contributed by atoms with Gasteiger partial charge in [-0.15, -0.1) is 0 Å². The molecule has 0 spiro atoms. The second kappa shape index (κ2) is 5.04. The molecule has 1 unspecified atom stereocenters. The maximum Gasteiger partial charge on any atom is 0.0542 e. The van der Waals surface area contributed by atoms with E-state index in [0.717, 1.165) is 22.8 Å². The molecule has 1 atom stereocenters. The van der Waals surface area contributed by atoms with Crippen molar-refractivity contribution in [2.45, 2.75) is 37.9 Å². The summed E-state index contributed by atoms with van der Waals surface area (Å²) in [6, 6.07) is 5.69. The smallest absolute Gasteiger partial charge is 0.0542 e. The van der Waals surface area contributed by atoms with E-state index >= 15 is 0 Å². The molecule has 1 aliphatic heterocycles. The maximum atomic E-state index is 4.38. The van der Waals surface area contributed by atoms with Gasteiger partial charge in [-0.3, -0.25) is 9.88 Å². The maximum absolute atomic E-state index is 4.38. The molecule has 4 heteroatoms. The van der Waals surface area contributed by atoms with Crippen molar-refractivity contribution in [1.82, 2.24) is 15.2 Å². The third kappa shape index (κ3) is 3.06. The second-order valence-electron chi connectivity index (χ2n) is 5.06. The summed E-state index contributed by atoms with van der Waals surface area (Å²) >= 11 is 3.40. The standard InChI is InChI=1S/C13H18BrN3/c14-10-1-2-11(15-7-10)8-16-12-5-6-17(9-12)13-3-4-13/h1-2,7,12-13,16H,3-6,8-9H2. The highest BCUT2D eigenvalue weighted by Gasteiger charge is 2.33. The summed E-state index contributed by atoms with van der Waals surface area (Å²) in [6.45, 7) is 3.38. The molecule has 17 heavy (non-hydrogen) atoms. The summed E-state index contributed by atoms with van der Waals surface area (Å²) in [5.41, 5.74) is 1.12. The first-order valence-corrected chi connectivity index (χ1v) is 7.18. The number of pyridine rings is 1. The first-order valence-electron chi connectivity index (χ1n) is 6.39. The molecule has 2 heterocycles. The highest BCUT2D eigenvalue weighted by atomic mass is 79.9. The van der Waals surface area contributed by atoms with E-state index in [1.165, 1.54) is 32.4 Å². The van der Waals surface area contributed by atoms with Crippen molar-refractivity contribution >= 4 is 15.9 Å². The zero-order valence-electron chi connectivity index (χ0n) is 9.90. The predicted molar refractivity (Wildman–Crippen MR) is 71.8 cm³/mol. The molecule has 1 aliphatic carbocycles. The Hall–Kier alpha value is -0.450. The quantitative estimate of drug-likeness (QED) is 0.923. The lowest BCUT2D eigenvalue weighted by Gasteiger charge is -2.15. The number of aromatic nitrogens is 1. The first-order chi connectivity index (χ1) is 8.31. The van der Waals surface area contributed by atoms with Crippen molar-refractivity contribution in [3.8, 4) is 0 Å². The zero-order chi connectivity index (χ0) is 11.7. The highest BCUT2D eigenvalue weighted by Crippen LogP contribution is 2.29. The molecule has 1 N–H and O–H groups in total. The van der Waals surface area contributed by atoms with Gasteiger partial charge in [0.25, 0.3) is 0 Å². The van der Waals surface area contributed by atoms with Gasteiger partial charge in [-0.05, 0) is 47.3 Å². The molecule has 3 nitrogen and oxygen atoms in total. The van der Waals surface area contributed by atoms with E-state index in [1.807, 2.05) is 6.20 Å². The van der Waals surface area contributed by atoms with E-state index in [-0.39, 0.29) is 0 Å². The fourth-order valence-corrected chi connectivity index (χ4v) is 2.72. The molecule has 1 aromatic rings. The van der Waals surface area contributed by atoms with E-state index in [1.54, 1.807) is 0 Å². The van der Waals surface area contributed by atoms with Gasteiger partial charge in [0.15, 0.2) is 0 Å². The summed E-state index contributed by atoms with van der Waals surface area (Å²) in [5.74, 6) is 0. The summed E-state index contributed by atoms with van der Waals surface area (Å²) in [6.07, 6.45) is 5.98. The number of halogens is 1. The lowest BCUT2D eigenvalue weighted by Crippen LogP contribution is -2.33. The number of likely N-dealkylation sites (tertiary alicyclic amines) is 1. The van der Waals surface area contributed by atoms with Crippen LogP contribution >= 0.6 is 15.9 Å². The SMILES string of the molecule is Brc1ccc(CNC2CCN(C3CC3)C2)nc1. The van der Waals surface area contributed by atoms with Gasteiger partial charge in [-0.1, -0.05) is 0 Å². The molecule has 0 bridgehead atoms. The third-order valence-corrected chi connectivity index (χ3v) is 4.11. The average Bonchev–Trinajstić information content (AvgIpc) is 3.09. The van der Waals surface area contributed by atoms with E-state index in [9.17, 15) is 0 Å². The van der Waals surface area contributed by atoms with Crippen molar-refractivity contribution in [3.63, 3.8) is 0 Å². The Labute approximate surface area is 111 Å². The average molecular weight is 296 g/mol. The van der Waals surface area contributed by atoms with E-state index in [4.69, 9.17) is 0 Å². The minimum absolute atomic E-state index is 0.654. The normalized spacial score (nSPS) is 25.4. The van der Waals surface area contributed by atoms with Crippen LogP contribution < -0.4 is 5.32 Å². The lowest BCUT2D eigenvalue weighted by molar-refractivity contribution is 0.317. The molecule has 1 saturated heterocycles. The molecule has 1 aromatic heterocycles. The Kier molecular flexibility index (Phi) is 3.45. The van der Waals surface area contributed by atoms with Crippen LogP contribution in [0, 0.1) is 0 Å². The van der Waals surface area contributed by atoms with Gasteiger partial charge < -0.3 is 5.32 Å². The Bertz CT molecular complexity index is 375. The van der Waals surface area contributed by atoms with Gasteiger partial charge in [0.05, 0.1) is 5.69 Å². The fourth-order valence-electron chi connectivity index (χ4n) is 2.49. The summed E-state index contributed by atoms with van der Waals surface area (Å²) < 4.78 is 1.04. The topological polar surface area (TPSA) is 28.2 Å². The van der Waals surface area contributed by atoms with Gasteiger partial charge in [0.2, 0.25) is 0 Å². The lowest BCUT2D eigenvalue weighted by atomic mass is 10.2. The Balaban J connectivity index is 1.46. The number of nitrogens with one attached hydrogen (secondary N) is 1. The minimum Gasteiger partial charge on any atom is -0.307 e. The van der Waals surface area contributed by atoms with Gasteiger partial charge in [-0.25, -0.2) is 0 Å². The molecular formula is C13H18BrN3. The van der Waals surface area contributed by atoms with E-state index in [0.29, 0.717) is 6.04 Å². The van der Waals surface area contributed by atoms with Crippen LogP contribution in [-0.4, -0.2) is 35.1 Å². The molecule has 0 amide bonds. The predicted octanol–water partition coefficient (Wildman–Crippen LogP) is 2.17. The largest absolute Gasteiger partial charge is 0.307 e. The van der Waals surface area contributed by atoms with Crippen LogP contribution in [0.4, 0.5) is 0 Å². The Morgan fingerprint density at radius 3 is 2.94 bits per heavy atom. The fraction of sp³-hybridized carbons (Fsp3) is 0.615. The molecule has 0 radical (unpaired) electrons. The molecule has 2 fully saturated rings. The van der Waals surface area contributed by atoms with Gasteiger partial charge in [0, 0.05) is 42.4 Å². The monoisotopic (exact) mass is 295 g/mol. The summed E-state index contributed by atoms with van der Waals surface area (Å²) in [7, 11) is 0. The van der Waals surface area contributed by atoms with Crippen LogP contribution in [0.5, 0.6) is 0 Å². The van der Waals surface area contributed by atoms with Crippen LogP contribution in [0.1, 0.15) is 25.0 Å². The van der Waals surface area contributed by atoms with Crippen LogP contribution in [0.2, 0.25) is 0 Å². The molecular weight excluding hydrogens is 278 g/mol. The van der Waals surface area contributed by atoms with Crippen molar-refractivity contribution in [3.05, 3.63) is 28.5 Å². The molecule has 1 saturated carbocycles. The van der Waals surface area contributed by atoms with Gasteiger partial charge in [-0.2, -0.15) is 0 Å². The number of rotatable bonds is 4. The van der Waals surface area contributed by atoms with E-state index < -0.39 is 0 Å². The van der Waals surface area contributed by atoms with Crippen LogP contribution in [-0.2, 0) is 6.54 Å². The summed E-state index contributed by atoms with van der Waals surface area (Å²) in [4.78, 5) is 7.01. The van der Waals surface area contributed by atoms with Crippen molar-refractivity contribution in [2.75, 3.05) is 13.1 Å². The third-order valence-electron chi connectivity index (χ3n) is 3.64. The van der Waals surface area contributed by atoms with Crippen LogP contribution in [0.25, 0.3) is 0 Å². The Morgan fingerprint density at radius 2 is 2.24 bits per heavy atom. The van der Waals surface area contributed by atoms with Crippen molar-refractivity contribution in [1.29, 1.82) is 0 Å². The van der Waals surface area contributed by atoms with Crippen LogP contribution in [0.15, 0.2) is 22.8 Å². The number of hydrogen-bond donors (Lipinski definition) is 1. The highest BCUT2D eigenvalue weighted by molar-refractivity contribution is 9.10. The summed E-state index contributed by atoms with van der Waals surface area (Å²) in [5, 5.41) is 3.61. The molecule has 92 valence electrons. The van der Waals surface area contributed by atoms with Gasteiger partial charge >= 0.3 is 0 Å². The van der Waals surface area contributed by atoms with Crippen molar-refractivity contribution in [2.24, 2.45) is 0 Å². The first kappa shape index (κ1) is 11.6. The zero-order valence-corrected chi connectivity index (χ0v) is 11.5. The van der Waals surface area contributed by atoms with Gasteiger partial charge in [0.1, 0.15) is 0 Å². The Morgan fingerprint density at radius 1 is 1.35 bits per heavy atom. The molecule has 2 aliphatic rings. The van der Waals surface area contributed by atoms with E-state index in [2.05, 4.69) is 43.3 Å². The number of nitrogens with zero attached hydrogens (tertiary/aromatic N) is 2. The molecule has 3 rings (SSSR count).